The van der Waals surface area contributed by atoms with Crippen molar-refractivity contribution in [1.82, 2.24) is 15.1 Å². The van der Waals surface area contributed by atoms with E-state index in [1.807, 2.05) is 31.2 Å². The number of amides is 2. The van der Waals surface area contributed by atoms with Crippen molar-refractivity contribution in [3.05, 3.63) is 95.2 Å². The molecule has 0 radical (unpaired) electrons. The van der Waals surface area contributed by atoms with E-state index in [1.165, 1.54) is 22.9 Å². The number of alkyl halides is 3. The summed E-state index contributed by atoms with van der Waals surface area (Å²) < 4.78 is 42.2. The Labute approximate surface area is 227 Å². The standard InChI is InChI=1S/C29H25F3N4O4/c1-17-3-2-4-18(13-17)16-33-28(39)36-25(19-5-6-19)15-24(35-36)23-12-9-21(14-26(23)37)34-27(38)20-7-10-22(11-8-20)40-29(30,31)32/h2-4,7-15,19,37H,5-6,16H2,1H3,(H,33,39)(H,34,38). The van der Waals surface area contributed by atoms with E-state index in [0.717, 1.165) is 41.8 Å². The Balaban J connectivity index is 1.29. The first-order valence-corrected chi connectivity index (χ1v) is 12.5. The van der Waals surface area contributed by atoms with Gasteiger partial charge in [-0.1, -0.05) is 29.8 Å². The maximum Gasteiger partial charge on any atom is 0.573 e. The number of carbonyl (C=O) groups is 2. The Morgan fingerprint density at radius 3 is 2.45 bits per heavy atom. The van der Waals surface area contributed by atoms with E-state index in [0.29, 0.717) is 17.8 Å². The van der Waals surface area contributed by atoms with Crippen LogP contribution in [0.15, 0.2) is 72.8 Å². The van der Waals surface area contributed by atoms with Gasteiger partial charge in [-0.3, -0.25) is 4.79 Å². The van der Waals surface area contributed by atoms with E-state index < -0.39 is 18.0 Å². The lowest BCUT2D eigenvalue weighted by atomic mass is 10.1. The van der Waals surface area contributed by atoms with E-state index in [-0.39, 0.29) is 28.9 Å². The van der Waals surface area contributed by atoms with Gasteiger partial charge in [0.1, 0.15) is 11.5 Å². The van der Waals surface area contributed by atoms with Gasteiger partial charge in [0.2, 0.25) is 0 Å². The molecule has 8 nitrogen and oxygen atoms in total. The predicted octanol–water partition coefficient (Wildman–Crippen LogP) is 6.35. The Bertz CT molecular complexity index is 1560. The van der Waals surface area contributed by atoms with Crippen molar-refractivity contribution >= 4 is 17.6 Å². The summed E-state index contributed by atoms with van der Waals surface area (Å²) in [6.07, 6.45) is -2.95. The molecule has 1 aromatic heterocycles. The number of halogens is 3. The molecule has 1 fully saturated rings. The molecule has 1 aliphatic rings. The minimum Gasteiger partial charge on any atom is -0.507 e. The van der Waals surface area contributed by atoms with Gasteiger partial charge in [0.05, 0.1) is 11.4 Å². The number of anilines is 1. The number of aryl methyl sites for hydroxylation is 1. The Morgan fingerprint density at radius 1 is 1.05 bits per heavy atom. The number of phenolic OH excluding ortho intramolecular Hbond substituents is 1. The van der Waals surface area contributed by atoms with Crippen LogP contribution in [0.25, 0.3) is 11.3 Å². The van der Waals surface area contributed by atoms with Crippen LogP contribution in [0.2, 0.25) is 0 Å². The number of ether oxygens (including phenoxy) is 1. The molecular formula is C29H25F3N4O4. The molecule has 1 aliphatic carbocycles. The largest absolute Gasteiger partial charge is 0.573 e. The summed E-state index contributed by atoms with van der Waals surface area (Å²) in [6.45, 7) is 2.32. The van der Waals surface area contributed by atoms with Crippen LogP contribution < -0.4 is 15.4 Å². The molecule has 40 heavy (non-hydrogen) atoms. The van der Waals surface area contributed by atoms with Crippen LogP contribution in [0.1, 0.15) is 45.9 Å². The van der Waals surface area contributed by atoms with E-state index in [9.17, 15) is 27.9 Å². The number of aromatic nitrogens is 2. The minimum atomic E-state index is -4.83. The van der Waals surface area contributed by atoms with Crippen molar-refractivity contribution in [2.75, 3.05) is 5.32 Å². The molecule has 0 atom stereocenters. The average molecular weight is 551 g/mol. The average Bonchev–Trinajstić information content (AvgIpc) is 3.65. The highest BCUT2D eigenvalue weighted by molar-refractivity contribution is 6.04. The molecule has 11 heteroatoms. The number of aromatic hydroxyl groups is 1. The molecule has 0 aliphatic heterocycles. The highest BCUT2D eigenvalue weighted by Crippen LogP contribution is 2.42. The summed E-state index contributed by atoms with van der Waals surface area (Å²) in [6, 6.07) is 18.2. The first-order valence-electron chi connectivity index (χ1n) is 12.5. The van der Waals surface area contributed by atoms with Crippen molar-refractivity contribution in [2.24, 2.45) is 0 Å². The van der Waals surface area contributed by atoms with Crippen LogP contribution in [-0.2, 0) is 6.54 Å². The minimum absolute atomic E-state index is 0.0996. The Kier molecular flexibility index (Phi) is 7.20. The molecule has 2 amide bonds. The quantitative estimate of drug-likeness (QED) is 0.249. The second kappa shape index (κ2) is 10.8. The third kappa shape index (κ3) is 6.42. The smallest absolute Gasteiger partial charge is 0.507 e. The first-order chi connectivity index (χ1) is 19.1. The monoisotopic (exact) mass is 550 g/mol. The molecule has 206 valence electrons. The van der Waals surface area contributed by atoms with Crippen molar-refractivity contribution in [3.63, 3.8) is 0 Å². The molecule has 3 N–H and O–H groups in total. The van der Waals surface area contributed by atoms with Crippen molar-refractivity contribution in [2.45, 2.75) is 38.6 Å². The van der Waals surface area contributed by atoms with E-state index >= 15 is 0 Å². The number of phenols is 1. The van der Waals surface area contributed by atoms with Gasteiger partial charge in [0.25, 0.3) is 5.91 Å². The van der Waals surface area contributed by atoms with Gasteiger partial charge in [-0.15, -0.1) is 13.2 Å². The molecule has 4 aromatic rings. The van der Waals surface area contributed by atoms with Crippen molar-refractivity contribution in [1.29, 1.82) is 0 Å². The molecule has 1 saturated carbocycles. The number of hydrogen-bond acceptors (Lipinski definition) is 5. The predicted molar refractivity (Wildman–Crippen MR) is 141 cm³/mol. The number of rotatable bonds is 7. The SMILES string of the molecule is Cc1cccc(CNC(=O)n2nc(-c3ccc(NC(=O)c4ccc(OC(F)(F)F)cc4)cc3O)cc2C2CC2)c1. The molecule has 0 unspecified atom stereocenters. The lowest BCUT2D eigenvalue weighted by Gasteiger charge is -2.10. The molecule has 0 spiro atoms. The molecular weight excluding hydrogens is 525 g/mol. The highest BCUT2D eigenvalue weighted by atomic mass is 19.4. The van der Waals surface area contributed by atoms with E-state index in [4.69, 9.17) is 0 Å². The van der Waals surface area contributed by atoms with Crippen molar-refractivity contribution < 1.29 is 32.6 Å². The van der Waals surface area contributed by atoms with Gasteiger partial charge in [-0.05, 0) is 67.8 Å². The zero-order valence-electron chi connectivity index (χ0n) is 21.3. The van der Waals surface area contributed by atoms with Gasteiger partial charge in [-0.2, -0.15) is 9.78 Å². The van der Waals surface area contributed by atoms with Crippen LogP contribution in [0, 0.1) is 6.92 Å². The van der Waals surface area contributed by atoms with Crippen LogP contribution in [0.5, 0.6) is 11.5 Å². The molecule has 0 bridgehead atoms. The number of nitrogens with one attached hydrogen (secondary N) is 2. The molecule has 1 heterocycles. The number of nitrogens with zero attached hydrogens (tertiary/aromatic N) is 2. The van der Waals surface area contributed by atoms with E-state index in [2.05, 4.69) is 20.5 Å². The summed E-state index contributed by atoms with van der Waals surface area (Å²) in [5.74, 6) is -0.991. The fourth-order valence-electron chi connectivity index (χ4n) is 4.27. The van der Waals surface area contributed by atoms with Crippen molar-refractivity contribution in [3.8, 4) is 22.8 Å². The summed E-state index contributed by atoms with van der Waals surface area (Å²) in [7, 11) is 0. The normalized spacial score (nSPS) is 13.1. The summed E-state index contributed by atoms with van der Waals surface area (Å²) in [5.41, 5.74) is 3.96. The second-order valence-corrected chi connectivity index (χ2v) is 9.55. The maximum absolute atomic E-state index is 13.0. The van der Waals surface area contributed by atoms with E-state index in [1.54, 1.807) is 18.2 Å². The summed E-state index contributed by atoms with van der Waals surface area (Å²) in [4.78, 5) is 25.5. The van der Waals surface area contributed by atoms with Crippen LogP contribution in [0.3, 0.4) is 0 Å². The zero-order chi connectivity index (χ0) is 28.4. The second-order valence-electron chi connectivity index (χ2n) is 9.55. The Hall–Kier alpha value is -4.80. The lowest BCUT2D eigenvalue weighted by Crippen LogP contribution is -2.30. The number of hydrogen-bond donors (Lipinski definition) is 3. The third-order valence-electron chi connectivity index (χ3n) is 6.33. The van der Waals surface area contributed by atoms with Crippen LogP contribution in [-0.4, -0.2) is 33.2 Å². The van der Waals surface area contributed by atoms with Gasteiger partial charge in [-0.25, -0.2) is 4.79 Å². The van der Waals surface area contributed by atoms with Gasteiger partial charge < -0.3 is 20.5 Å². The lowest BCUT2D eigenvalue weighted by molar-refractivity contribution is -0.274. The van der Waals surface area contributed by atoms with Gasteiger partial charge in [0, 0.05) is 35.3 Å². The Morgan fingerprint density at radius 2 is 1.80 bits per heavy atom. The number of benzene rings is 3. The fourth-order valence-corrected chi connectivity index (χ4v) is 4.27. The molecule has 5 rings (SSSR count). The van der Waals surface area contributed by atoms with Crippen LogP contribution in [0.4, 0.5) is 23.7 Å². The maximum atomic E-state index is 13.0. The molecule has 0 saturated heterocycles. The fraction of sp³-hybridized carbons (Fsp3) is 0.207. The zero-order valence-corrected chi connectivity index (χ0v) is 21.3. The molecule has 3 aromatic carbocycles. The van der Waals surface area contributed by atoms with Gasteiger partial charge >= 0.3 is 12.4 Å². The van der Waals surface area contributed by atoms with Gasteiger partial charge in [0.15, 0.2) is 0 Å². The van der Waals surface area contributed by atoms with Crippen LogP contribution >= 0.6 is 0 Å². The summed E-state index contributed by atoms with van der Waals surface area (Å²) in [5, 5.41) is 20.7. The third-order valence-corrected chi connectivity index (χ3v) is 6.33. The first kappa shape index (κ1) is 26.8. The number of carbonyl (C=O) groups excluding carboxylic acids is 2. The summed E-state index contributed by atoms with van der Waals surface area (Å²) >= 11 is 0. The topological polar surface area (TPSA) is 105 Å². The highest BCUT2D eigenvalue weighted by Gasteiger charge is 2.32.